The van der Waals surface area contributed by atoms with E-state index in [1.807, 2.05) is 18.2 Å². The van der Waals surface area contributed by atoms with Gasteiger partial charge in [0, 0.05) is 15.8 Å². The molecular weight excluding hydrogens is 359 g/mol. The summed E-state index contributed by atoms with van der Waals surface area (Å²) in [6.07, 6.45) is 0. The topological polar surface area (TPSA) is 69.6 Å². The number of carbonyl (C=O) groups excluding carboxylic acids is 1. The van der Waals surface area contributed by atoms with E-state index < -0.39 is 17.5 Å². The lowest BCUT2D eigenvalue weighted by Crippen LogP contribution is -2.54. The third-order valence-corrected chi connectivity index (χ3v) is 3.51. The third-order valence-electron chi connectivity index (χ3n) is 2.84. The normalized spacial score (nSPS) is 10.9. The van der Waals surface area contributed by atoms with Crippen molar-refractivity contribution in [3.8, 4) is 0 Å². The summed E-state index contributed by atoms with van der Waals surface area (Å²) in [5, 5.41) is 11.9. The van der Waals surface area contributed by atoms with Crippen LogP contribution in [0.3, 0.4) is 0 Å². The summed E-state index contributed by atoms with van der Waals surface area (Å²) < 4.78 is 0.996. The summed E-state index contributed by atoms with van der Waals surface area (Å²) in [7, 11) is 0. The minimum absolute atomic E-state index is 0.315. The Morgan fingerprint density at radius 1 is 1.42 bits per heavy atom. The number of anilines is 1. The van der Waals surface area contributed by atoms with E-state index in [0.717, 1.165) is 3.57 Å². The van der Waals surface area contributed by atoms with Gasteiger partial charge in [-0.15, -0.1) is 0 Å². The van der Waals surface area contributed by atoms with Crippen LogP contribution >= 0.6 is 22.6 Å². The molecule has 1 aromatic rings. The molecule has 19 heavy (non-hydrogen) atoms. The maximum Gasteiger partial charge on any atom is 0.329 e. The molecule has 0 spiro atoms. The van der Waals surface area contributed by atoms with Crippen LogP contribution in [0.15, 0.2) is 24.3 Å². The van der Waals surface area contributed by atoms with Crippen LogP contribution in [0, 0.1) is 3.57 Å². The minimum Gasteiger partial charge on any atom is -0.480 e. The zero-order valence-electron chi connectivity index (χ0n) is 11.1. The van der Waals surface area contributed by atoms with Crippen molar-refractivity contribution in [2.75, 3.05) is 11.9 Å². The van der Waals surface area contributed by atoms with Gasteiger partial charge in [0.05, 0.1) is 0 Å². The van der Waals surface area contributed by atoms with Gasteiger partial charge >= 0.3 is 12.0 Å². The molecule has 1 rings (SSSR count). The van der Waals surface area contributed by atoms with Crippen molar-refractivity contribution >= 4 is 40.3 Å². The second kappa shape index (κ2) is 6.23. The van der Waals surface area contributed by atoms with E-state index >= 15 is 0 Å². The first-order valence-electron chi connectivity index (χ1n) is 5.86. The number of benzene rings is 1. The van der Waals surface area contributed by atoms with Crippen LogP contribution in [0.25, 0.3) is 0 Å². The number of halogens is 1. The number of amides is 2. The molecule has 0 unspecified atom stereocenters. The molecule has 0 saturated carbocycles. The number of rotatable bonds is 4. The molecule has 6 heteroatoms. The Hall–Kier alpha value is -1.31. The Labute approximate surface area is 126 Å². The second-order valence-corrected chi connectivity index (χ2v) is 5.79. The highest BCUT2D eigenvalue weighted by atomic mass is 127. The van der Waals surface area contributed by atoms with Gasteiger partial charge in [0.15, 0.2) is 0 Å². The van der Waals surface area contributed by atoms with Crippen LogP contribution in [0.2, 0.25) is 0 Å². The summed E-state index contributed by atoms with van der Waals surface area (Å²) in [6, 6.07) is 6.91. The molecule has 1 aromatic carbocycles. The third kappa shape index (κ3) is 3.82. The minimum atomic E-state index is -1.25. The summed E-state index contributed by atoms with van der Waals surface area (Å²) in [4.78, 5) is 24.7. The predicted octanol–water partition coefficient (Wildman–Crippen LogP) is 3.01. The number of urea groups is 1. The maximum atomic E-state index is 12.2. The second-order valence-electron chi connectivity index (χ2n) is 4.55. The molecule has 0 aliphatic rings. The lowest BCUT2D eigenvalue weighted by atomic mass is 10.0. The zero-order chi connectivity index (χ0) is 14.6. The summed E-state index contributed by atoms with van der Waals surface area (Å²) in [5.41, 5.74) is -0.600. The molecule has 0 radical (unpaired) electrons. The number of nitrogens with zero attached hydrogens (tertiary/aromatic N) is 1. The number of hydrogen-bond acceptors (Lipinski definition) is 2. The first-order valence-corrected chi connectivity index (χ1v) is 6.94. The van der Waals surface area contributed by atoms with Gasteiger partial charge in [-0.2, -0.15) is 0 Å². The Morgan fingerprint density at radius 2 is 2.05 bits per heavy atom. The van der Waals surface area contributed by atoms with Gasteiger partial charge in [-0.05, 0) is 61.6 Å². The molecule has 5 nitrogen and oxygen atoms in total. The molecule has 0 aromatic heterocycles. The summed E-state index contributed by atoms with van der Waals surface area (Å²) in [6.45, 7) is 5.08. The largest absolute Gasteiger partial charge is 0.480 e. The lowest BCUT2D eigenvalue weighted by molar-refractivity contribution is -0.147. The van der Waals surface area contributed by atoms with E-state index in [4.69, 9.17) is 0 Å². The molecular formula is C13H17IN2O3. The van der Waals surface area contributed by atoms with Crippen molar-refractivity contribution < 1.29 is 14.7 Å². The van der Waals surface area contributed by atoms with Crippen LogP contribution in [-0.2, 0) is 4.79 Å². The van der Waals surface area contributed by atoms with E-state index in [1.165, 1.54) is 18.7 Å². The molecule has 0 fully saturated rings. The quantitative estimate of drug-likeness (QED) is 0.794. The number of likely N-dealkylation sites (N-methyl/N-ethyl adjacent to an activating group) is 1. The molecule has 2 N–H and O–H groups in total. The van der Waals surface area contributed by atoms with Gasteiger partial charge in [-0.1, -0.05) is 6.07 Å². The number of carboxylic acids is 1. The van der Waals surface area contributed by atoms with Gasteiger partial charge in [-0.25, -0.2) is 9.59 Å². The lowest BCUT2D eigenvalue weighted by Gasteiger charge is -2.34. The Kier molecular flexibility index (Phi) is 5.16. The highest BCUT2D eigenvalue weighted by Gasteiger charge is 2.36. The fourth-order valence-corrected chi connectivity index (χ4v) is 2.21. The Balaban J connectivity index is 2.89. The molecule has 2 amide bonds. The van der Waals surface area contributed by atoms with Crippen molar-refractivity contribution in [1.29, 1.82) is 0 Å². The van der Waals surface area contributed by atoms with Gasteiger partial charge in [0.1, 0.15) is 5.54 Å². The Bertz CT molecular complexity index is 489. The van der Waals surface area contributed by atoms with E-state index in [9.17, 15) is 14.7 Å². The first kappa shape index (κ1) is 15.7. The summed E-state index contributed by atoms with van der Waals surface area (Å²) in [5.74, 6) is -1.04. The van der Waals surface area contributed by atoms with Crippen molar-refractivity contribution in [3.05, 3.63) is 27.8 Å². The molecule has 0 saturated heterocycles. The van der Waals surface area contributed by atoms with Gasteiger partial charge in [0.2, 0.25) is 0 Å². The first-order chi connectivity index (χ1) is 8.78. The standard InChI is InChI=1S/C13H17IN2O3/c1-4-16(13(2,3)11(17)18)12(19)15-10-7-5-6-9(14)8-10/h5-8H,4H2,1-3H3,(H,15,19)(H,17,18). The SMILES string of the molecule is CCN(C(=O)Nc1cccc(I)c1)C(C)(C)C(=O)O. The average Bonchev–Trinajstić information content (AvgIpc) is 2.29. The van der Waals surface area contributed by atoms with Gasteiger partial charge < -0.3 is 15.3 Å². The highest BCUT2D eigenvalue weighted by Crippen LogP contribution is 2.18. The van der Waals surface area contributed by atoms with Crippen molar-refractivity contribution in [2.24, 2.45) is 0 Å². The molecule has 0 heterocycles. The van der Waals surface area contributed by atoms with Crippen LogP contribution in [0.4, 0.5) is 10.5 Å². The number of carboxylic acid groups (broad SMARTS) is 1. The monoisotopic (exact) mass is 376 g/mol. The van der Waals surface area contributed by atoms with Crippen molar-refractivity contribution in [2.45, 2.75) is 26.3 Å². The van der Waals surface area contributed by atoms with E-state index in [-0.39, 0.29) is 0 Å². The van der Waals surface area contributed by atoms with Crippen LogP contribution < -0.4 is 5.32 Å². The van der Waals surface area contributed by atoms with Crippen molar-refractivity contribution in [3.63, 3.8) is 0 Å². The number of carbonyl (C=O) groups is 2. The molecule has 0 bridgehead atoms. The smallest absolute Gasteiger partial charge is 0.329 e. The highest BCUT2D eigenvalue weighted by molar-refractivity contribution is 14.1. The zero-order valence-corrected chi connectivity index (χ0v) is 13.3. The van der Waals surface area contributed by atoms with Crippen LogP contribution in [0.1, 0.15) is 20.8 Å². The van der Waals surface area contributed by atoms with E-state index in [0.29, 0.717) is 12.2 Å². The molecule has 0 atom stereocenters. The summed E-state index contributed by atoms with van der Waals surface area (Å²) >= 11 is 2.15. The number of nitrogens with one attached hydrogen (secondary N) is 1. The maximum absolute atomic E-state index is 12.2. The van der Waals surface area contributed by atoms with E-state index in [2.05, 4.69) is 27.9 Å². The number of hydrogen-bond donors (Lipinski definition) is 2. The van der Waals surface area contributed by atoms with Crippen LogP contribution in [0.5, 0.6) is 0 Å². The molecule has 0 aliphatic heterocycles. The number of aliphatic carboxylic acids is 1. The fraction of sp³-hybridized carbons (Fsp3) is 0.385. The molecule has 0 aliphatic carbocycles. The van der Waals surface area contributed by atoms with E-state index in [1.54, 1.807) is 13.0 Å². The van der Waals surface area contributed by atoms with Gasteiger partial charge in [0.25, 0.3) is 0 Å². The van der Waals surface area contributed by atoms with Crippen molar-refractivity contribution in [1.82, 2.24) is 4.90 Å². The fourth-order valence-electron chi connectivity index (χ4n) is 1.67. The molecule has 104 valence electrons. The van der Waals surface area contributed by atoms with Crippen LogP contribution in [-0.4, -0.2) is 34.1 Å². The average molecular weight is 376 g/mol. The van der Waals surface area contributed by atoms with Gasteiger partial charge in [-0.3, -0.25) is 0 Å². The predicted molar refractivity (Wildman–Crippen MR) is 82.3 cm³/mol. The Morgan fingerprint density at radius 3 is 2.53 bits per heavy atom.